The fourth-order valence-electron chi connectivity index (χ4n) is 2.09. The van der Waals surface area contributed by atoms with Crippen LogP contribution >= 0.6 is 0 Å². The van der Waals surface area contributed by atoms with Crippen LogP contribution in [0, 0.1) is 20.8 Å². The Balaban J connectivity index is 2.51. The maximum atomic E-state index is 6.06. The van der Waals surface area contributed by atoms with Gasteiger partial charge in [-0.1, -0.05) is 13.0 Å². The van der Waals surface area contributed by atoms with E-state index in [1.807, 2.05) is 0 Å². The largest absolute Gasteiger partial charge is 0.490 e. The highest BCUT2D eigenvalue weighted by Gasteiger charge is 2.08. The van der Waals surface area contributed by atoms with Crippen LogP contribution in [0.4, 0.5) is 0 Å². The van der Waals surface area contributed by atoms with Crippen molar-refractivity contribution < 1.29 is 4.74 Å². The van der Waals surface area contributed by atoms with Crippen molar-refractivity contribution in [2.45, 2.75) is 53.6 Å². The highest BCUT2D eigenvalue weighted by atomic mass is 16.5. The van der Waals surface area contributed by atoms with Crippen molar-refractivity contribution in [1.29, 1.82) is 0 Å². The summed E-state index contributed by atoms with van der Waals surface area (Å²) in [6, 6.07) is 4.35. The van der Waals surface area contributed by atoms with E-state index in [9.17, 15) is 0 Å². The van der Waals surface area contributed by atoms with E-state index < -0.39 is 0 Å². The van der Waals surface area contributed by atoms with Gasteiger partial charge in [-0.05, 0) is 76.4 Å². The summed E-state index contributed by atoms with van der Waals surface area (Å²) in [4.78, 5) is 0. The minimum atomic E-state index is 0.281. The van der Waals surface area contributed by atoms with E-state index in [1.165, 1.54) is 23.1 Å². The second kappa shape index (κ2) is 7.42. The van der Waals surface area contributed by atoms with E-state index in [2.05, 4.69) is 52.1 Å². The molecule has 0 saturated carbocycles. The molecule has 0 radical (unpaired) electrons. The zero-order valence-corrected chi connectivity index (χ0v) is 12.5. The second-order valence-electron chi connectivity index (χ2n) is 5.13. The third-order valence-electron chi connectivity index (χ3n) is 3.31. The fourth-order valence-corrected chi connectivity index (χ4v) is 2.09. The number of aryl methyl sites for hydroxylation is 2. The molecular weight excluding hydrogens is 222 g/mol. The molecular formula is C16H27NO. The van der Waals surface area contributed by atoms with Gasteiger partial charge in [0.2, 0.25) is 0 Å². The molecule has 0 heterocycles. The van der Waals surface area contributed by atoms with Crippen molar-refractivity contribution in [3.63, 3.8) is 0 Å². The first-order chi connectivity index (χ1) is 8.54. The highest BCUT2D eigenvalue weighted by Crippen LogP contribution is 2.24. The summed E-state index contributed by atoms with van der Waals surface area (Å²) < 4.78 is 6.06. The number of hydrogen-bond donors (Lipinski definition) is 1. The molecule has 0 amide bonds. The third-order valence-corrected chi connectivity index (χ3v) is 3.31. The Bertz CT molecular complexity index is 374. The van der Waals surface area contributed by atoms with Gasteiger partial charge in [-0.15, -0.1) is 0 Å². The number of nitrogens with one attached hydrogen (secondary N) is 1. The van der Waals surface area contributed by atoms with Crippen molar-refractivity contribution >= 4 is 0 Å². The Labute approximate surface area is 112 Å². The summed E-state index contributed by atoms with van der Waals surface area (Å²) in [5.41, 5.74) is 3.84. The number of ether oxygens (including phenoxy) is 1. The highest BCUT2D eigenvalue weighted by molar-refractivity contribution is 5.42. The number of rotatable bonds is 7. The zero-order chi connectivity index (χ0) is 13.5. The first-order valence-electron chi connectivity index (χ1n) is 6.99. The molecule has 1 atom stereocenters. The van der Waals surface area contributed by atoms with E-state index in [0.717, 1.165) is 25.3 Å². The van der Waals surface area contributed by atoms with Crippen LogP contribution in [-0.4, -0.2) is 19.2 Å². The molecule has 0 spiro atoms. The van der Waals surface area contributed by atoms with Crippen LogP contribution in [0.15, 0.2) is 12.1 Å². The molecule has 1 N–H and O–H groups in total. The Morgan fingerprint density at radius 3 is 2.61 bits per heavy atom. The van der Waals surface area contributed by atoms with Crippen molar-refractivity contribution in [3.05, 3.63) is 28.8 Å². The van der Waals surface area contributed by atoms with Gasteiger partial charge >= 0.3 is 0 Å². The van der Waals surface area contributed by atoms with Crippen LogP contribution in [0.25, 0.3) is 0 Å². The van der Waals surface area contributed by atoms with E-state index in [-0.39, 0.29) is 6.10 Å². The molecule has 1 aromatic carbocycles. The topological polar surface area (TPSA) is 21.3 Å². The van der Waals surface area contributed by atoms with Crippen molar-refractivity contribution in [2.75, 3.05) is 13.1 Å². The predicted molar refractivity (Wildman–Crippen MR) is 78.5 cm³/mol. The number of benzene rings is 1. The molecule has 1 unspecified atom stereocenters. The van der Waals surface area contributed by atoms with Crippen LogP contribution in [0.5, 0.6) is 5.75 Å². The summed E-state index contributed by atoms with van der Waals surface area (Å²) in [7, 11) is 0. The molecule has 1 aromatic rings. The SMILES string of the molecule is CCNCCCC(C)Oc1cc(C)cc(C)c1C. The summed E-state index contributed by atoms with van der Waals surface area (Å²) in [6.45, 7) is 12.8. The summed E-state index contributed by atoms with van der Waals surface area (Å²) in [5.74, 6) is 1.04. The van der Waals surface area contributed by atoms with Crippen molar-refractivity contribution in [1.82, 2.24) is 5.32 Å². The van der Waals surface area contributed by atoms with E-state index in [4.69, 9.17) is 4.74 Å². The lowest BCUT2D eigenvalue weighted by molar-refractivity contribution is 0.206. The quantitative estimate of drug-likeness (QED) is 0.743. The van der Waals surface area contributed by atoms with Crippen LogP contribution in [0.3, 0.4) is 0 Å². The molecule has 1 rings (SSSR count). The minimum absolute atomic E-state index is 0.281. The van der Waals surface area contributed by atoms with Crippen molar-refractivity contribution in [2.24, 2.45) is 0 Å². The van der Waals surface area contributed by atoms with Gasteiger partial charge in [-0.2, -0.15) is 0 Å². The normalized spacial score (nSPS) is 12.5. The first kappa shape index (κ1) is 15.0. The number of hydrogen-bond acceptors (Lipinski definition) is 2. The molecule has 18 heavy (non-hydrogen) atoms. The van der Waals surface area contributed by atoms with Gasteiger partial charge in [0.1, 0.15) is 5.75 Å². The van der Waals surface area contributed by atoms with Gasteiger partial charge in [0.05, 0.1) is 6.10 Å². The van der Waals surface area contributed by atoms with Crippen LogP contribution in [-0.2, 0) is 0 Å². The van der Waals surface area contributed by atoms with Gasteiger partial charge in [-0.25, -0.2) is 0 Å². The van der Waals surface area contributed by atoms with E-state index in [1.54, 1.807) is 0 Å². The lowest BCUT2D eigenvalue weighted by Gasteiger charge is -2.18. The Hall–Kier alpha value is -1.02. The smallest absolute Gasteiger partial charge is 0.123 e. The Kier molecular flexibility index (Phi) is 6.20. The summed E-state index contributed by atoms with van der Waals surface area (Å²) in [5, 5.41) is 3.34. The van der Waals surface area contributed by atoms with Gasteiger partial charge < -0.3 is 10.1 Å². The average molecular weight is 249 g/mol. The predicted octanol–water partition coefficient (Wildman–Crippen LogP) is 3.77. The summed E-state index contributed by atoms with van der Waals surface area (Å²) in [6.07, 6.45) is 2.54. The van der Waals surface area contributed by atoms with Crippen molar-refractivity contribution in [3.8, 4) is 5.75 Å². The average Bonchev–Trinajstić information content (AvgIpc) is 2.31. The second-order valence-corrected chi connectivity index (χ2v) is 5.13. The molecule has 2 heteroatoms. The zero-order valence-electron chi connectivity index (χ0n) is 12.5. The molecule has 0 saturated heterocycles. The molecule has 0 bridgehead atoms. The van der Waals surface area contributed by atoms with Gasteiger partial charge in [0, 0.05) is 0 Å². The molecule has 0 aliphatic rings. The Morgan fingerprint density at radius 1 is 1.22 bits per heavy atom. The molecule has 0 aliphatic carbocycles. The van der Waals surface area contributed by atoms with Gasteiger partial charge in [0.25, 0.3) is 0 Å². The van der Waals surface area contributed by atoms with E-state index >= 15 is 0 Å². The lowest BCUT2D eigenvalue weighted by atomic mass is 10.1. The van der Waals surface area contributed by atoms with Crippen LogP contribution in [0.2, 0.25) is 0 Å². The molecule has 102 valence electrons. The van der Waals surface area contributed by atoms with Crippen LogP contribution in [0.1, 0.15) is 43.4 Å². The first-order valence-corrected chi connectivity index (χ1v) is 6.99. The maximum absolute atomic E-state index is 6.06. The minimum Gasteiger partial charge on any atom is -0.490 e. The lowest BCUT2D eigenvalue weighted by Crippen LogP contribution is -2.18. The summed E-state index contributed by atoms with van der Waals surface area (Å²) >= 11 is 0. The van der Waals surface area contributed by atoms with E-state index in [0.29, 0.717) is 0 Å². The Morgan fingerprint density at radius 2 is 1.94 bits per heavy atom. The molecule has 2 nitrogen and oxygen atoms in total. The fraction of sp³-hybridized carbons (Fsp3) is 0.625. The molecule has 0 fully saturated rings. The standard InChI is InChI=1S/C16H27NO/c1-6-17-9-7-8-14(4)18-16-11-12(2)10-13(3)15(16)5/h10-11,14,17H,6-9H2,1-5H3. The third kappa shape index (κ3) is 4.69. The molecule has 0 aliphatic heterocycles. The van der Waals surface area contributed by atoms with Gasteiger partial charge in [-0.3, -0.25) is 0 Å². The van der Waals surface area contributed by atoms with Gasteiger partial charge in [0.15, 0.2) is 0 Å². The van der Waals surface area contributed by atoms with Crippen LogP contribution < -0.4 is 10.1 Å². The monoisotopic (exact) mass is 249 g/mol. The molecule has 0 aromatic heterocycles. The maximum Gasteiger partial charge on any atom is 0.123 e.